The number of aryl methyl sites for hydroxylation is 1. The maximum atomic E-state index is 10.1. The zero-order valence-corrected chi connectivity index (χ0v) is 18.4. The van der Waals surface area contributed by atoms with Crippen LogP contribution in [0.25, 0.3) is 5.69 Å². The van der Waals surface area contributed by atoms with Crippen molar-refractivity contribution in [3.63, 3.8) is 0 Å². The first-order valence-electron chi connectivity index (χ1n) is 8.87. The van der Waals surface area contributed by atoms with Crippen LogP contribution in [0.5, 0.6) is 0 Å². The molecule has 7 heteroatoms. The molecule has 1 atom stereocenters. The lowest BCUT2D eigenvalue weighted by atomic mass is 10.0. The highest BCUT2D eigenvalue weighted by Gasteiger charge is 2.15. The summed E-state index contributed by atoms with van der Waals surface area (Å²) in [6, 6.07) is 13.8. The highest BCUT2D eigenvalue weighted by atomic mass is 79.9. The predicted octanol–water partition coefficient (Wildman–Crippen LogP) is 4.23. The van der Waals surface area contributed by atoms with Gasteiger partial charge in [0.05, 0.1) is 29.1 Å². The quantitative estimate of drug-likeness (QED) is 0.599. The molecule has 0 amide bonds. The van der Waals surface area contributed by atoms with E-state index >= 15 is 0 Å². The Morgan fingerprint density at radius 1 is 1.25 bits per heavy atom. The number of halogens is 1. The fraction of sp³-hybridized carbons (Fsp3) is 0.286. The highest BCUT2D eigenvalue weighted by Crippen LogP contribution is 2.21. The standard InChI is InChI=1S/C21H21BrN4O.H2S/c1-3-21(27)12-20-11-18(10-15-4-5-17(22)9-16(15)13-23)25-26(20)19-6-7-24-14(2)8-19;/h4-9,11,21,27H,3,10,12H2,1-2H3;1H2. The van der Waals surface area contributed by atoms with E-state index in [0.29, 0.717) is 24.8 Å². The molecular weight excluding hydrogens is 436 g/mol. The summed E-state index contributed by atoms with van der Waals surface area (Å²) >= 11 is 3.41. The second kappa shape index (κ2) is 9.87. The zero-order valence-electron chi connectivity index (χ0n) is 15.9. The molecule has 1 N–H and O–H groups in total. The smallest absolute Gasteiger partial charge is 0.0995 e. The Kier molecular flexibility index (Phi) is 7.81. The molecule has 3 rings (SSSR count). The summed E-state index contributed by atoms with van der Waals surface area (Å²) < 4.78 is 2.75. The van der Waals surface area contributed by atoms with E-state index in [1.807, 2.05) is 54.9 Å². The first-order chi connectivity index (χ1) is 13.0. The van der Waals surface area contributed by atoms with Gasteiger partial charge in [0.15, 0.2) is 0 Å². The minimum absolute atomic E-state index is 0. The molecule has 0 aliphatic rings. The van der Waals surface area contributed by atoms with Crippen molar-refractivity contribution in [2.45, 2.75) is 39.2 Å². The van der Waals surface area contributed by atoms with Crippen LogP contribution >= 0.6 is 29.4 Å². The Morgan fingerprint density at radius 2 is 2.04 bits per heavy atom. The average molecular weight is 459 g/mol. The van der Waals surface area contributed by atoms with Gasteiger partial charge in [0.1, 0.15) is 0 Å². The van der Waals surface area contributed by atoms with Crippen LogP contribution in [0.1, 0.15) is 41.6 Å². The Labute approximate surface area is 180 Å². The first kappa shape index (κ1) is 22.2. The Morgan fingerprint density at radius 3 is 2.71 bits per heavy atom. The summed E-state index contributed by atoms with van der Waals surface area (Å²) in [5.74, 6) is 0. The fourth-order valence-corrected chi connectivity index (χ4v) is 3.34. The molecule has 0 bridgehead atoms. The fourth-order valence-electron chi connectivity index (χ4n) is 2.98. The molecule has 3 aromatic rings. The van der Waals surface area contributed by atoms with Crippen molar-refractivity contribution in [3.05, 3.63) is 75.3 Å². The summed E-state index contributed by atoms with van der Waals surface area (Å²) in [4.78, 5) is 4.25. The lowest BCUT2D eigenvalue weighted by molar-refractivity contribution is 0.169. The Hall–Kier alpha value is -2.14. The molecule has 0 fully saturated rings. The SMILES string of the molecule is CCC(O)Cc1cc(Cc2ccc(Br)cc2C#N)nn1-c1ccnc(C)c1.S. The van der Waals surface area contributed by atoms with E-state index in [9.17, 15) is 10.4 Å². The van der Waals surface area contributed by atoms with E-state index in [0.717, 1.165) is 32.8 Å². The number of benzene rings is 1. The minimum Gasteiger partial charge on any atom is -0.393 e. The van der Waals surface area contributed by atoms with Gasteiger partial charge in [0, 0.05) is 34.9 Å². The molecule has 0 saturated carbocycles. The summed E-state index contributed by atoms with van der Waals surface area (Å²) in [6.45, 7) is 3.90. The molecule has 0 saturated heterocycles. The van der Waals surface area contributed by atoms with Crippen molar-refractivity contribution in [2.75, 3.05) is 0 Å². The van der Waals surface area contributed by atoms with Crippen LogP contribution in [0.4, 0.5) is 0 Å². The molecule has 5 nitrogen and oxygen atoms in total. The van der Waals surface area contributed by atoms with E-state index in [-0.39, 0.29) is 13.5 Å². The number of aliphatic hydroxyl groups excluding tert-OH is 1. The predicted molar refractivity (Wildman–Crippen MR) is 118 cm³/mol. The van der Waals surface area contributed by atoms with Gasteiger partial charge in [0.2, 0.25) is 0 Å². The number of nitriles is 1. The zero-order chi connectivity index (χ0) is 19.4. The minimum atomic E-state index is -0.418. The molecule has 1 aromatic carbocycles. The highest BCUT2D eigenvalue weighted by molar-refractivity contribution is 9.10. The van der Waals surface area contributed by atoms with Gasteiger partial charge in [-0.3, -0.25) is 4.98 Å². The van der Waals surface area contributed by atoms with Crippen LogP contribution in [0.15, 0.2) is 47.1 Å². The molecule has 2 aromatic heterocycles. The summed E-state index contributed by atoms with van der Waals surface area (Å²) in [6.07, 6.45) is 3.10. The topological polar surface area (TPSA) is 74.7 Å². The molecule has 2 heterocycles. The molecule has 1 unspecified atom stereocenters. The molecule has 0 aliphatic carbocycles. The van der Waals surface area contributed by atoms with Gasteiger partial charge >= 0.3 is 0 Å². The number of rotatable bonds is 6. The average Bonchev–Trinajstić information content (AvgIpc) is 3.05. The van der Waals surface area contributed by atoms with Gasteiger partial charge < -0.3 is 5.11 Å². The van der Waals surface area contributed by atoms with E-state index in [2.05, 4.69) is 27.0 Å². The van der Waals surface area contributed by atoms with Gasteiger partial charge in [-0.05, 0) is 49.2 Å². The van der Waals surface area contributed by atoms with E-state index in [4.69, 9.17) is 5.10 Å². The summed E-state index contributed by atoms with van der Waals surface area (Å²) in [5.41, 5.74) is 5.20. The first-order valence-corrected chi connectivity index (χ1v) is 9.67. The van der Waals surface area contributed by atoms with Gasteiger partial charge in [-0.15, -0.1) is 0 Å². The van der Waals surface area contributed by atoms with Crippen LogP contribution < -0.4 is 0 Å². The second-order valence-corrected chi connectivity index (χ2v) is 7.47. The van der Waals surface area contributed by atoms with Crippen molar-refractivity contribution in [1.29, 1.82) is 5.26 Å². The van der Waals surface area contributed by atoms with Crippen LogP contribution in [0.2, 0.25) is 0 Å². The molecule has 0 spiro atoms. The van der Waals surface area contributed by atoms with Crippen LogP contribution in [-0.2, 0) is 12.8 Å². The van der Waals surface area contributed by atoms with Gasteiger partial charge in [-0.2, -0.15) is 23.9 Å². The molecule has 28 heavy (non-hydrogen) atoms. The number of nitrogens with zero attached hydrogens (tertiary/aromatic N) is 4. The van der Waals surface area contributed by atoms with Crippen LogP contribution in [0, 0.1) is 18.3 Å². The third-order valence-electron chi connectivity index (χ3n) is 4.44. The number of aromatic nitrogens is 3. The number of hydrogen-bond donors (Lipinski definition) is 1. The van der Waals surface area contributed by atoms with E-state index in [1.54, 1.807) is 6.20 Å². The molecule has 0 aliphatic heterocycles. The lowest BCUT2D eigenvalue weighted by Gasteiger charge is -2.10. The van der Waals surface area contributed by atoms with Crippen LogP contribution in [-0.4, -0.2) is 26.0 Å². The number of hydrogen-bond acceptors (Lipinski definition) is 4. The van der Waals surface area contributed by atoms with Gasteiger partial charge in [-0.1, -0.05) is 28.9 Å². The number of pyridine rings is 1. The largest absolute Gasteiger partial charge is 0.393 e. The normalized spacial score (nSPS) is 11.5. The van der Waals surface area contributed by atoms with Crippen LogP contribution in [0.3, 0.4) is 0 Å². The van der Waals surface area contributed by atoms with E-state index in [1.165, 1.54) is 0 Å². The van der Waals surface area contributed by atoms with Crippen molar-refractivity contribution in [2.24, 2.45) is 0 Å². The summed E-state index contributed by atoms with van der Waals surface area (Å²) in [7, 11) is 0. The molecule has 146 valence electrons. The summed E-state index contributed by atoms with van der Waals surface area (Å²) in [5, 5.41) is 24.3. The van der Waals surface area contributed by atoms with Crippen molar-refractivity contribution < 1.29 is 5.11 Å². The second-order valence-electron chi connectivity index (χ2n) is 6.55. The third kappa shape index (κ3) is 5.22. The number of aliphatic hydroxyl groups is 1. The van der Waals surface area contributed by atoms with Gasteiger partial charge in [0.25, 0.3) is 0 Å². The lowest BCUT2D eigenvalue weighted by Crippen LogP contribution is -2.12. The van der Waals surface area contributed by atoms with Crippen molar-refractivity contribution in [3.8, 4) is 11.8 Å². The maximum absolute atomic E-state index is 10.1. The monoisotopic (exact) mass is 458 g/mol. The molecule has 0 radical (unpaired) electrons. The maximum Gasteiger partial charge on any atom is 0.0995 e. The Bertz CT molecular complexity index is 996. The third-order valence-corrected chi connectivity index (χ3v) is 4.93. The van der Waals surface area contributed by atoms with Crippen molar-refractivity contribution >= 4 is 29.4 Å². The Balaban J connectivity index is 0.00000280. The molecular formula is C21H23BrN4OS. The van der Waals surface area contributed by atoms with E-state index < -0.39 is 6.10 Å². The van der Waals surface area contributed by atoms with Crippen molar-refractivity contribution in [1.82, 2.24) is 14.8 Å². The van der Waals surface area contributed by atoms with Gasteiger partial charge in [-0.25, -0.2) is 4.68 Å².